The molecular weight excluding hydrogens is 360 g/mol. The highest BCUT2D eigenvalue weighted by molar-refractivity contribution is 6.08. The summed E-state index contributed by atoms with van der Waals surface area (Å²) in [5.41, 5.74) is 7.27. The number of benzene rings is 2. The van der Waals surface area contributed by atoms with Crippen LogP contribution in [0.1, 0.15) is 26.3 Å². The van der Waals surface area contributed by atoms with Crippen molar-refractivity contribution in [3.8, 4) is 5.88 Å². The van der Waals surface area contributed by atoms with Crippen LogP contribution >= 0.6 is 0 Å². The number of amides is 1. The number of esters is 1. The molecule has 1 amide bonds. The molecule has 0 unspecified atom stereocenters. The van der Waals surface area contributed by atoms with Crippen LogP contribution in [0, 0.1) is 0 Å². The van der Waals surface area contributed by atoms with E-state index in [9.17, 15) is 9.59 Å². The van der Waals surface area contributed by atoms with Crippen LogP contribution in [0.4, 0.5) is 0 Å². The standard InChI is InChI=1S/C21H20N2O5/c1-3-11-27-20-18(21(25)26-2)16-10-9-15(19(22)24)12-17(16)23(20)28-13-14-7-5-4-6-8-14/h3-10,12H,1,11,13H2,2H3,(H2,22,24). The molecule has 0 saturated heterocycles. The molecule has 0 aliphatic rings. The third-order valence-electron chi connectivity index (χ3n) is 4.10. The second-order valence-electron chi connectivity index (χ2n) is 5.92. The second-order valence-corrected chi connectivity index (χ2v) is 5.92. The smallest absolute Gasteiger partial charge is 0.344 e. The van der Waals surface area contributed by atoms with Gasteiger partial charge in [-0.15, -0.1) is 4.73 Å². The van der Waals surface area contributed by atoms with Gasteiger partial charge in [-0.25, -0.2) is 4.79 Å². The zero-order chi connectivity index (χ0) is 20.1. The van der Waals surface area contributed by atoms with Crippen LogP contribution in [0.15, 0.2) is 61.2 Å². The minimum Gasteiger partial charge on any atom is -0.472 e. The van der Waals surface area contributed by atoms with Crippen molar-refractivity contribution < 1.29 is 23.9 Å². The van der Waals surface area contributed by atoms with E-state index in [0.717, 1.165) is 5.56 Å². The fourth-order valence-corrected chi connectivity index (χ4v) is 2.80. The molecule has 0 bridgehead atoms. The Morgan fingerprint density at radius 2 is 1.93 bits per heavy atom. The van der Waals surface area contributed by atoms with Gasteiger partial charge in [-0.05, 0) is 17.7 Å². The quantitative estimate of drug-likeness (QED) is 0.479. The van der Waals surface area contributed by atoms with Gasteiger partial charge < -0.3 is 20.0 Å². The maximum atomic E-state index is 12.4. The van der Waals surface area contributed by atoms with Gasteiger partial charge in [-0.3, -0.25) is 4.79 Å². The highest BCUT2D eigenvalue weighted by Gasteiger charge is 2.26. The molecule has 1 aromatic heterocycles. The summed E-state index contributed by atoms with van der Waals surface area (Å²) in [6.07, 6.45) is 1.55. The molecule has 0 atom stereocenters. The van der Waals surface area contributed by atoms with Gasteiger partial charge in [0.05, 0.1) is 12.6 Å². The van der Waals surface area contributed by atoms with Crippen LogP contribution in [0.5, 0.6) is 5.88 Å². The summed E-state index contributed by atoms with van der Waals surface area (Å²) < 4.78 is 12.0. The Morgan fingerprint density at radius 3 is 2.57 bits per heavy atom. The Labute approximate surface area is 161 Å². The molecule has 2 N–H and O–H groups in total. The van der Waals surface area contributed by atoms with Crippen molar-refractivity contribution in [2.24, 2.45) is 5.73 Å². The number of aromatic nitrogens is 1. The van der Waals surface area contributed by atoms with Crippen molar-refractivity contribution in [1.82, 2.24) is 4.73 Å². The Morgan fingerprint density at radius 1 is 1.18 bits per heavy atom. The summed E-state index contributed by atoms with van der Waals surface area (Å²) in [5, 5.41) is 0.518. The molecule has 0 spiro atoms. The number of carbonyl (C=O) groups is 2. The van der Waals surface area contributed by atoms with Crippen LogP contribution in [0.3, 0.4) is 0 Å². The molecule has 0 aliphatic heterocycles. The predicted octanol–water partition coefficient (Wildman–Crippen LogP) is 2.72. The maximum Gasteiger partial charge on any atom is 0.344 e. The zero-order valence-corrected chi connectivity index (χ0v) is 15.4. The molecule has 1 heterocycles. The van der Waals surface area contributed by atoms with Gasteiger partial charge in [-0.2, -0.15) is 0 Å². The molecule has 2 aromatic carbocycles. The number of hydrogen-bond donors (Lipinski definition) is 1. The Balaban J connectivity index is 2.17. The summed E-state index contributed by atoms with van der Waals surface area (Å²) in [7, 11) is 1.28. The second kappa shape index (κ2) is 8.30. The van der Waals surface area contributed by atoms with Gasteiger partial charge in [0.15, 0.2) is 0 Å². The first-order valence-corrected chi connectivity index (χ1v) is 8.54. The van der Waals surface area contributed by atoms with Gasteiger partial charge in [0.25, 0.3) is 0 Å². The summed E-state index contributed by atoms with van der Waals surface area (Å²) >= 11 is 0. The number of nitrogens with zero attached hydrogens (tertiary/aromatic N) is 1. The van der Waals surface area contributed by atoms with Crippen molar-refractivity contribution in [2.45, 2.75) is 6.61 Å². The van der Waals surface area contributed by atoms with E-state index in [-0.39, 0.29) is 30.2 Å². The SMILES string of the molecule is C=CCOc1c(C(=O)OC)c2ccc(C(N)=O)cc2n1OCc1ccccc1. The molecule has 28 heavy (non-hydrogen) atoms. The third kappa shape index (κ3) is 3.68. The van der Waals surface area contributed by atoms with E-state index in [1.807, 2.05) is 30.3 Å². The molecule has 7 nitrogen and oxygen atoms in total. The van der Waals surface area contributed by atoms with Crippen LogP contribution in [-0.4, -0.2) is 30.3 Å². The van der Waals surface area contributed by atoms with Crippen molar-refractivity contribution in [2.75, 3.05) is 13.7 Å². The van der Waals surface area contributed by atoms with Crippen LogP contribution < -0.4 is 15.3 Å². The highest BCUT2D eigenvalue weighted by atomic mass is 16.7. The normalized spacial score (nSPS) is 10.5. The van der Waals surface area contributed by atoms with Gasteiger partial charge in [0, 0.05) is 10.9 Å². The van der Waals surface area contributed by atoms with E-state index >= 15 is 0 Å². The zero-order valence-electron chi connectivity index (χ0n) is 15.4. The fourth-order valence-electron chi connectivity index (χ4n) is 2.80. The molecule has 0 aliphatic carbocycles. The third-order valence-corrected chi connectivity index (χ3v) is 4.10. The van der Waals surface area contributed by atoms with E-state index in [0.29, 0.717) is 10.9 Å². The highest BCUT2D eigenvalue weighted by Crippen LogP contribution is 2.33. The summed E-state index contributed by atoms with van der Waals surface area (Å²) in [6.45, 7) is 4.00. The lowest BCUT2D eigenvalue weighted by atomic mass is 10.1. The lowest BCUT2D eigenvalue weighted by Gasteiger charge is -2.13. The molecular formula is C21H20N2O5. The predicted molar refractivity (Wildman–Crippen MR) is 104 cm³/mol. The molecule has 0 radical (unpaired) electrons. The fraction of sp³-hybridized carbons (Fsp3) is 0.143. The van der Waals surface area contributed by atoms with E-state index in [4.69, 9.17) is 20.0 Å². The molecule has 0 saturated carbocycles. The Bertz CT molecular complexity index is 1020. The van der Waals surface area contributed by atoms with Crippen LogP contribution in [0.25, 0.3) is 10.9 Å². The number of methoxy groups -OCH3 is 1. The average molecular weight is 380 g/mol. The minimum atomic E-state index is -0.592. The summed E-state index contributed by atoms with van der Waals surface area (Å²) in [6, 6.07) is 14.2. The first-order chi connectivity index (χ1) is 13.6. The van der Waals surface area contributed by atoms with Crippen molar-refractivity contribution in [1.29, 1.82) is 0 Å². The number of rotatable bonds is 8. The topological polar surface area (TPSA) is 92.8 Å². The van der Waals surface area contributed by atoms with Crippen molar-refractivity contribution in [3.05, 3.63) is 77.9 Å². The van der Waals surface area contributed by atoms with Crippen LogP contribution in [-0.2, 0) is 11.3 Å². The molecule has 3 rings (SSSR count). The monoisotopic (exact) mass is 380 g/mol. The van der Waals surface area contributed by atoms with E-state index in [1.54, 1.807) is 18.2 Å². The number of fused-ring (bicyclic) bond motifs is 1. The number of hydrogen-bond acceptors (Lipinski definition) is 5. The van der Waals surface area contributed by atoms with E-state index < -0.39 is 11.9 Å². The van der Waals surface area contributed by atoms with Gasteiger partial charge in [-0.1, -0.05) is 49.1 Å². The summed E-state index contributed by atoms with van der Waals surface area (Å²) in [5.74, 6) is -1.01. The number of nitrogens with two attached hydrogens (primary N) is 1. The van der Waals surface area contributed by atoms with Gasteiger partial charge in [0.2, 0.25) is 11.8 Å². The molecule has 0 fully saturated rings. The lowest BCUT2D eigenvalue weighted by Crippen LogP contribution is -2.15. The number of primary amides is 1. The molecule has 7 heteroatoms. The molecule has 144 valence electrons. The molecule has 3 aromatic rings. The van der Waals surface area contributed by atoms with Crippen LogP contribution in [0.2, 0.25) is 0 Å². The number of carbonyl (C=O) groups excluding carboxylic acids is 2. The van der Waals surface area contributed by atoms with Crippen molar-refractivity contribution >= 4 is 22.8 Å². The first-order valence-electron chi connectivity index (χ1n) is 8.54. The first kappa shape index (κ1) is 19.0. The average Bonchev–Trinajstić information content (AvgIpc) is 3.03. The Kier molecular flexibility index (Phi) is 5.64. The van der Waals surface area contributed by atoms with E-state index in [2.05, 4.69) is 6.58 Å². The lowest BCUT2D eigenvalue weighted by molar-refractivity contribution is 0.0578. The van der Waals surface area contributed by atoms with E-state index in [1.165, 1.54) is 17.9 Å². The van der Waals surface area contributed by atoms with Gasteiger partial charge >= 0.3 is 5.97 Å². The maximum absolute atomic E-state index is 12.4. The minimum absolute atomic E-state index is 0.150. The summed E-state index contributed by atoms with van der Waals surface area (Å²) in [4.78, 5) is 30.0. The largest absolute Gasteiger partial charge is 0.472 e. The van der Waals surface area contributed by atoms with Crippen molar-refractivity contribution in [3.63, 3.8) is 0 Å². The van der Waals surface area contributed by atoms with Gasteiger partial charge in [0.1, 0.15) is 18.8 Å². The number of ether oxygens (including phenoxy) is 2. The Hall–Kier alpha value is -3.74.